The predicted molar refractivity (Wildman–Crippen MR) is 9.08 cm³/mol. The zero-order valence-corrected chi connectivity index (χ0v) is 6.24. The maximum atomic E-state index is 9.81. The third kappa shape index (κ3) is 60.5. The van der Waals surface area contributed by atoms with Gasteiger partial charge in [-0.25, -0.2) is 0 Å². The van der Waals surface area contributed by atoms with Crippen LogP contribution >= 0.6 is 0 Å². The molecule has 32 valence electrons. The van der Waals surface area contributed by atoms with Gasteiger partial charge in [0.1, 0.15) is 0 Å². The van der Waals surface area contributed by atoms with Gasteiger partial charge in [0.05, 0.1) is 0 Å². The van der Waals surface area contributed by atoms with Crippen LogP contribution in [0.1, 0.15) is 0 Å². The van der Waals surface area contributed by atoms with E-state index in [0.717, 1.165) is 0 Å². The van der Waals surface area contributed by atoms with Gasteiger partial charge < -0.3 is 15.3 Å². The van der Waals surface area contributed by atoms with Crippen LogP contribution in [0.3, 0.4) is 0 Å². The van der Waals surface area contributed by atoms with Gasteiger partial charge in [0.2, 0.25) is 0 Å². The van der Waals surface area contributed by atoms with Gasteiger partial charge in [-0.1, -0.05) is 0 Å². The van der Waals surface area contributed by atoms with E-state index in [4.69, 9.17) is 0 Å². The molecule has 0 fully saturated rings. The van der Waals surface area contributed by atoms with Gasteiger partial charge in [0.15, 0.2) is 0 Å². The molecule has 0 radical (unpaired) electrons. The molecule has 0 amide bonds. The summed E-state index contributed by atoms with van der Waals surface area (Å²) in [6.07, 6.45) is 0. The Balaban J connectivity index is -0.0000000450. The molecule has 0 atom stereocenters. The molecular formula is AlF4Na. The van der Waals surface area contributed by atoms with Crippen LogP contribution in [0, 0.1) is 0 Å². The van der Waals surface area contributed by atoms with E-state index in [-0.39, 0.29) is 34.3 Å². The fraction of sp³-hybridized carbons (Fsp3) is 0. The quantitative estimate of drug-likeness (QED) is 0.225. The standard InChI is InChI=1S/Al.4FH.Na/h;4*1H;/q+3;;;;;+1/p-4. The van der Waals surface area contributed by atoms with Crippen LogP contribution in [0.5, 0.6) is 0 Å². The van der Waals surface area contributed by atoms with Gasteiger partial charge in [-0.2, -0.15) is 0 Å². The maximum absolute atomic E-state index is 9.81. The van der Waals surface area contributed by atoms with Crippen LogP contribution in [0.15, 0.2) is 0 Å². The summed E-state index contributed by atoms with van der Waals surface area (Å²) in [5.41, 5.74) is 0. The summed E-state index contributed by atoms with van der Waals surface area (Å²) in [5.74, 6) is 0. The summed E-state index contributed by atoms with van der Waals surface area (Å²) >= 11 is -4.64. The Bertz CT molecular complexity index is 12.3. The summed E-state index contributed by atoms with van der Waals surface area (Å²) in [6.45, 7) is 0. The van der Waals surface area contributed by atoms with Crippen molar-refractivity contribution in [1.82, 2.24) is 0 Å². The minimum atomic E-state index is -4.64. The molecule has 0 bridgehead atoms. The van der Waals surface area contributed by atoms with Gasteiger partial charge in [0.25, 0.3) is 0 Å². The number of hydrogen-bond donors (Lipinski definition) is 0. The second-order valence-corrected chi connectivity index (χ2v) is 0.742. The monoisotopic (exact) mass is 126 g/mol. The van der Waals surface area contributed by atoms with Gasteiger partial charge in [-0.3, -0.25) is 0 Å². The van der Waals surface area contributed by atoms with E-state index < -0.39 is 15.5 Å². The van der Waals surface area contributed by atoms with Crippen molar-refractivity contribution in [2.24, 2.45) is 0 Å². The first-order chi connectivity index (χ1) is 1.73. The molecule has 6 heavy (non-hydrogen) atoms. The molecule has 0 unspecified atom stereocenters. The van der Waals surface area contributed by atoms with E-state index in [1.165, 1.54) is 0 Å². The molecule has 0 aliphatic carbocycles. The Labute approximate surface area is 60.2 Å². The molecular weight excluding hydrogens is 126 g/mol. The average Bonchev–Trinajstić information content (AvgIpc) is 0.811. The molecule has 0 heterocycles. The molecule has 0 aromatic rings. The fourth-order valence-corrected chi connectivity index (χ4v) is 0. The van der Waals surface area contributed by atoms with E-state index in [0.29, 0.717) is 0 Å². The van der Waals surface area contributed by atoms with Crippen molar-refractivity contribution in [3.8, 4) is 0 Å². The van der Waals surface area contributed by atoms with Crippen molar-refractivity contribution < 1.29 is 44.8 Å². The number of rotatable bonds is 0. The number of halogens is 4. The first-order valence-electron chi connectivity index (χ1n) is 0.655. The summed E-state index contributed by atoms with van der Waals surface area (Å²) in [7, 11) is 0. The van der Waals surface area contributed by atoms with E-state index in [9.17, 15) is 10.6 Å². The van der Waals surface area contributed by atoms with Gasteiger partial charge in [-0.15, -0.1) is 0 Å². The molecule has 6 heteroatoms. The van der Waals surface area contributed by atoms with Gasteiger partial charge in [-0.05, 0) is 0 Å². The minimum Gasteiger partial charge on any atom is -1.00 e. The number of hydrogen-bond acceptors (Lipinski definition) is 0. The van der Waals surface area contributed by atoms with E-state index in [2.05, 4.69) is 0 Å². The summed E-state index contributed by atoms with van der Waals surface area (Å²) < 4.78 is 29.4. The van der Waals surface area contributed by atoms with Gasteiger partial charge in [0, 0.05) is 0 Å². The van der Waals surface area contributed by atoms with Crippen LogP contribution in [0.2, 0.25) is 0 Å². The molecule has 0 nitrogen and oxygen atoms in total. The molecule has 0 aliphatic heterocycles. The Morgan fingerprint density at radius 1 is 1.00 bits per heavy atom. The van der Waals surface area contributed by atoms with Crippen LogP contribution in [0.4, 0.5) is 10.6 Å². The Morgan fingerprint density at radius 2 is 1.00 bits per heavy atom. The summed E-state index contributed by atoms with van der Waals surface area (Å²) in [6, 6.07) is 0. The third-order valence-electron chi connectivity index (χ3n) is 0. The zero-order valence-electron chi connectivity index (χ0n) is 3.09. The van der Waals surface area contributed by atoms with Crippen molar-refractivity contribution in [3.63, 3.8) is 0 Å². The first-order valence-corrected chi connectivity index (χ1v) is 1.96. The van der Waals surface area contributed by atoms with Gasteiger partial charge >= 0.3 is 45.1 Å². The topological polar surface area (TPSA) is 0 Å². The first kappa shape index (κ1) is 15.7. The Kier molecular flexibility index (Phi) is 24.9. The Morgan fingerprint density at radius 3 is 1.00 bits per heavy atom. The van der Waals surface area contributed by atoms with Crippen LogP contribution < -0.4 is 34.3 Å². The van der Waals surface area contributed by atoms with Crippen molar-refractivity contribution in [1.29, 1.82) is 0 Å². The van der Waals surface area contributed by atoms with E-state index in [1.54, 1.807) is 0 Å². The van der Waals surface area contributed by atoms with Crippen molar-refractivity contribution in [2.75, 3.05) is 0 Å². The molecule has 0 aromatic carbocycles. The van der Waals surface area contributed by atoms with Crippen molar-refractivity contribution >= 4 is 15.5 Å². The molecule has 0 aliphatic rings. The summed E-state index contributed by atoms with van der Waals surface area (Å²) in [5, 5.41) is 0. The molecule has 0 rings (SSSR count). The molecule has 0 N–H and O–H groups in total. The fourth-order valence-electron chi connectivity index (χ4n) is 0. The maximum Gasteiger partial charge on any atom is 1.04 e. The predicted octanol–water partition coefficient (Wildman–Crippen LogP) is -5.11. The molecule has 0 saturated heterocycles. The third-order valence-corrected chi connectivity index (χ3v) is 0. The second-order valence-electron chi connectivity index (χ2n) is 0.247. The molecule has 0 aromatic heterocycles. The smallest absolute Gasteiger partial charge is 1.00 e. The average molecular weight is 126 g/mol. The van der Waals surface area contributed by atoms with Crippen molar-refractivity contribution in [2.45, 2.75) is 0 Å². The normalized spacial score (nSPS) is 4.50. The molecule has 0 spiro atoms. The SMILES string of the molecule is [F-].[F][Al]([F])[F].[Na+]. The van der Waals surface area contributed by atoms with E-state index in [1.807, 2.05) is 0 Å². The summed E-state index contributed by atoms with van der Waals surface area (Å²) in [4.78, 5) is 0. The Hall–Kier alpha value is 1.25. The second kappa shape index (κ2) is 9.54. The minimum absolute atomic E-state index is 0. The van der Waals surface area contributed by atoms with Crippen LogP contribution in [0.25, 0.3) is 0 Å². The largest absolute Gasteiger partial charge is 1.04 e. The molecule has 0 saturated carbocycles. The van der Waals surface area contributed by atoms with Crippen molar-refractivity contribution in [3.05, 3.63) is 0 Å². The van der Waals surface area contributed by atoms with E-state index >= 15 is 0 Å². The zero-order chi connectivity index (χ0) is 3.58. The van der Waals surface area contributed by atoms with Crippen LogP contribution in [-0.2, 0) is 0 Å². The van der Waals surface area contributed by atoms with Crippen LogP contribution in [-0.4, -0.2) is 15.5 Å².